The van der Waals surface area contributed by atoms with E-state index in [9.17, 15) is 4.79 Å². The maximum atomic E-state index is 13.2. The van der Waals surface area contributed by atoms with Crippen molar-refractivity contribution in [2.45, 2.75) is 37.3 Å². The molecule has 2 fully saturated rings. The number of hydrogen-bond donors (Lipinski definition) is 3. The number of halogens is 1. The summed E-state index contributed by atoms with van der Waals surface area (Å²) in [6, 6.07) is 7.54. The van der Waals surface area contributed by atoms with Gasteiger partial charge in [-0.15, -0.1) is 0 Å². The standard InChI is InChI=1S/C25H25ClN4O4/c1-32-24-16(26)3-2-4-18(24)28-23-20-21(14-5-6-17(14)29-25(20)31)30-22(23)15-7-9-27-11-19(15)34-12-13-8-10-33-13/h2-4,7,9,11,13-14,17,28,30H,5-6,8,10,12H2,1H3,(H,29,31). The van der Waals surface area contributed by atoms with Crippen LogP contribution in [0.25, 0.3) is 11.3 Å². The second-order valence-electron chi connectivity index (χ2n) is 8.84. The average Bonchev–Trinajstić information content (AvgIpc) is 3.14. The number of fused-ring (bicyclic) bond motifs is 3. The number of nitrogens with one attached hydrogen (secondary N) is 3. The summed E-state index contributed by atoms with van der Waals surface area (Å²) in [6.45, 7) is 1.22. The van der Waals surface area contributed by atoms with E-state index in [1.54, 1.807) is 25.6 Å². The molecule has 9 heteroatoms. The molecule has 34 heavy (non-hydrogen) atoms. The Morgan fingerprint density at radius 2 is 2.15 bits per heavy atom. The van der Waals surface area contributed by atoms with Crippen LogP contribution in [0, 0.1) is 0 Å². The van der Waals surface area contributed by atoms with Crippen LogP contribution >= 0.6 is 11.6 Å². The van der Waals surface area contributed by atoms with E-state index in [4.69, 9.17) is 25.8 Å². The van der Waals surface area contributed by atoms with Crippen molar-refractivity contribution in [1.29, 1.82) is 0 Å². The molecule has 3 unspecified atom stereocenters. The van der Waals surface area contributed by atoms with E-state index in [0.717, 1.165) is 42.8 Å². The molecule has 1 aliphatic carbocycles. The quantitative estimate of drug-likeness (QED) is 0.456. The number of rotatable bonds is 7. The van der Waals surface area contributed by atoms with Gasteiger partial charge in [-0.2, -0.15) is 0 Å². The molecule has 3 aliphatic rings. The van der Waals surface area contributed by atoms with Crippen LogP contribution in [0.2, 0.25) is 5.02 Å². The summed E-state index contributed by atoms with van der Waals surface area (Å²) in [5.41, 5.74) is 4.47. The van der Waals surface area contributed by atoms with E-state index in [0.29, 0.717) is 40.1 Å². The van der Waals surface area contributed by atoms with Gasteiger partial charge in [0, 0.05) is 42.4 Å². The minimum absolute atomic E-state index is 0.0960. The second-order valence-corrected chi connectivity index (χ2v) is 9.24. The molecule has 1 saturated heterocycles. The van der Waals surface area contributed by atoms with Crippen molar-refractivity contribution >= 4 is 28.9 Å². The van der Waals surface area contributed by atoms with E-state index < -0.39 is 0 Å². The van der Waals surface area contributed by atoms with E-state index in [1.165, 1.54) is 0 Å². The topological polar surface area (TPSA) is 97.5 Å². The average molecular weight is 481 g/mol. The first-order valence-electron chi connectivity index (χ1n) is 11.5. The van der Waals surface area contributed by atoms with Gasteiger partial charge in [0.15, 0.2) is 5.75 Å². The van der Waals surface area contributed by atoms with E-state index in [2.05, 4.69) is 20.6 Å². The molecular formula is C25H25ClN4O4. The minimum Gasteiger partial charge on any atom is -0.493 e. The van der Waals surface area contributed by atoms with Crippen LogP contribution in [0.1, 0.15) is 41.2 Å². The van der Waals surface area contributed by atoms with Gasteiger partial charge in [-0.05, 0) is 31.0 Å². The van der Waals surface area contributed by atoms with Crippen LogP contribution in [-0.4, -0.2) is 48.3 Å². The van der Waals surface area contributed by atoms with Gasteiger partial charge >= 0.3 is 0 Å². The molecular weight excluding hydrogens is 456 g/mol. The van der Waals surface area contributed by atoms with Gasteiger partial charge in [0.25, 0.3) is 5.91 Å². The first kappa shape index (κ1) is 21.3. The van der Waals surface area contributed by atoms with Crippen LogP contribution in [0.15, 0.2) is 36.7 Å². The fourth-order valence-electron chi connectivity index (χ4n) is 4.87. The summed E-state index contributed by atoms with van der Waals surface area (Å²) >= 11 is 6.37. The molecule has 3 aromatic rings. The molecule has 2 aromatic heterocycles. The van der Waals surface area contributed by atoms with Crippen molar-refractivity contribution < 1.29 is 19.0 Å². The summed E-state index contributed by atoms with van der Waals surface area (Å²) in [6.07, 6.45) is 6.51. The molecule has 2 aliphatic heterocycles. The predicted molar refractivity (Wildman–Crippen MR) is 128 cm³/mol. The number of aromatic nitrogens is 2. The zero-order chi connectivity index (χ0) is 23.2. The Morgan fingerprint density at radius 3 is 2.88 bits per heavy atom. The van der Waals surface area contributed by atoms with E-state index >= 15 is 0 Å². The summed E-state index contributed by atoms with van der Waals surface area (Å²) in [5.74, 6) is 1.30. The third-order valence-electron chi connectivity index (χ3n) is 6.92. The third kappa shape index (κ3) is 3.49. The number of H-pyrrole nitrogens is 1. The van der Waals surface area contributed by atoms with Crippen molar-refractivity contribution in [2.75, 3.05) is 25.6 Å². The highest BCUT2D eigenvalue weighted by Crippen LogP contribution is 2.49. The first-order valence-corrected chi connectivity index (χ1v) is 11.9. The Hall–Kier alpha value is -3.23. The fraction of sp³-hybridized carbons (Fsp3) is 0.360. The zero-order valence-corrected chi connectivity index (χ0v) is 19.4. The lowest BCUT2D eigenvalue weighted by atomic mass is 9.74. The Labute approximate surface area is 202 Å². The van der Waals surface area contributed by atoms with Crippen molar-refractivity contribution in [3.63, 3.8) is 0 Å². The van der Waals surface area contributed by atoms with Gasteiger partial charge in [0.1, 0.15) is 12.4 Å². The second kappa shape index (κ2) is 8.52. The molecule has 0 spiro atoms. The third-order valence-corrected chi connectivity index (χ3v) is 7.22. The van der Waals surface area contributed by atoms with Gasteiger partial charge in [-0.1, -0.05) is 17.7 Å². The largest absolute Gasteiger partial charge is 0.493 e. The lowest BCUT2D eigenvalue weighted by Gasteiger charge is -2.40. The van der Waals surface area contributed by atoms with Crippen molar-refractivity contribution in [1.82, 2.24) is 15.3 Å². The van der Waals surface area contributed by atoms with E-state index in [-0.39, 0.29) is 24.0 Å². The Morgan fingerprint density at radius 1 is 1.26 bits per heavy atom. The maximum Gasteiger partial charge on any atom is 0.255 e. The number of para-hydroxylation sites is 1. The van der Waals surface area contributed by atoms with Crippen LogP contribution in [-0.2, 0) is 4.74 Å². The van der Waals surface area contributed by atoms with Crippen LogP contribution in [0.3, 0.4) is 0 Å². The molecule has 3 atom stereocenters. The van der Waals surface area contributed by atoms with E-state index in [1.807, 2.05) is 18.2 Å². The number of amides is 1. The molecule has 1 aromatic carbocycles. The lowest BCUT2D eigenvalue weighted by Crippen LogP contribution is -2.49. The highest BCUT2D eigenvalue weighted by atomic mass is 35.5. The fourth-order valence-corrected chi connectivity index (χ4v) is 5.12. The van der Waals surface area contributed by atoms with Gasteiger partial charge in [0.2, 0.25) is 0 Å². The number of pyridine rings is 1. The van der Waals surface area contributed by atoms with Crippen molar-refractivity contribution in [2.24, 2.45) is 0 Å². The summed E-state index contributed by atoms with van der Waals surface area (Å²) in [5, 5.41) is 7.08. The Balaban J connectivity index is 1.47. The first-order chi connectivity index (χ1) is 16.6. The minimum atomic E-state index is -0.0960. The number of ether oxygens (including phenoxy) is 3. The Kier molecular flexibility index (Phi) is 5.34. The SMILES string of the molecule is COc1c(Cl)cccc1Nc1c(-c2ccncc2OCC2CCO2)[nH]c2c1C(=O)NC1CCC21. The number of methoxy groups -OCH3 is 1. The number of nitrogens with zero attached hydrogens (tertiary/aromatic N) is 1. The number of hydrogen-bond acceptors (Lipinski definition) is 6. The highest BCUT2D eigenvalue weighted by molar-refractivity contribution is 6.32. The molecule has 4 heterocycles. The number of carbonyl (C=O) groups excluding carboxylic acids is 1. The van der Waals surface area contributed by atoms with Gasteiger partial charge < -0.3 is 29.8 Å². The monoisotopic (exact) mass is 480 g/mol. The number of carbonyl (C=O) groups is 1. The summed E-state index contributed by atoms with van der Waals surface area (Å²) in [7, 11) is 1.57. The van der Waals surface area contributed by atoms with Gasteiger partial charge in [0.05, 0.1) is 47.1 Å². The zero-order valence-electron chi connectivity index (χ0n) is 18.7. The molecule has 3 N–H and O–H groups in total. The van der Waals surface area contributed by atoms with Crippen molar-refractivity contribution in [3.05, 3.63) is 52.9 Å². The number of anilines is 2. The lowest BCUT2D eigenvalue weighted by molar-refractivity contribution is -0.0720. The highest BCUT2D eigenvalue weighted by Gasteiger charge is 2.43. The molecule has 176 valence electrons. The number of aromatic amines is 1. The van der Waals surface area contributed by atoms with Crippen molar-refractivity contribution in [3.8, 4) is 22.8 Å². The van der Waals surface area contributed by atoms with Crippen LogP contribution in [0.4, 0.5) is 11.4 Å². The smallest absolute Gasteiger partial charge is 0.255 e. The van der Waals surface area contributed by atoms with Crippen LogP contribution < -0.4 is 20.1 Å². The maximum absolute atomic E-state index is 13.2. The molecule has 1 saturated carbocycles. The molecule has 8 nitrogen and oxygen atoms in total. The molecule has 6 rings (SSSR count). The normalized spacial score (nSPS) is 22.5. The summed E-state index contributed by atoms with van der Waals surface area (Å²) < 4.78 is 17.2. The predicted octanol–water partition coefficient (Wildman–Crippen LogP) is 4.64. The molecule has 1 amide bonds. The summed E-state index contributed by atoms with van der Waals surface area (Å²) in [4.78, 5) is 21.0. The number of benzene rings is 1. The van der Waals surface area contributed by atoms with Gasteiger partial charge in [-0.25, -0.2) is 0 Å². The van der Waals surface area contributed by atoms with Gasteiger partial charge in [-0.3, -0.25) is 9.78 Å². The van der Waals surface area contributed by atoms with Crippen LogP contribution in [0.5, 0.6) is 11.5 Å². The molecule has 0 radical (unpaired) electrons. The molecule has 0 bridgehead atoms. The Bertz CT molecular complexity index is 1260.